The molecule has 4 aromatic rings. The molecular formula is C33H37N5O6S. The number of rotatable bonds is 10. The first kappa shape index (κ1) is 31.8. The topological polar surface area (TPSA) is 122 Å². The number of carbonyl (C=O) groups is 2. The molecule has 11 nitrogen and oxygen atoms in total. The molecule has 0 spiro atoms. The lowest BCUT2D eigenvalue weighted by atomic mass is 10.1. The third-order valence-corrected chi connectivity index (χ3v) is 9.65. The fraction of sp³-hybridized carbons (Fsp3) is 0.273. The zero-order chi connectivity index (χ0) is 32.5. The Bertz CT molecular complexity index is 1910. The summed E-state index contributed by atoms with van der Waals surface area (Å²) < 4.78 is 40.5. The van der Waals surface area contributed by atoms with E-state index in [9.17, 15) is 18.0 Å². The monoisotopic (exact) mass is 631 g/mol. The predicted molar refractivity (Wildman–Crippen MR) is 176 cm³/mol. The number of Topliss-reactive ketones (excluding diaryl/α,β-unsaturated/α-hetero) is 1. The number of ketones is 1. The van der Waals surface area contributed by atoms with Crippen molar-refractivity contribution in [3.63, 3.8) is 0 Å². The van der Waals surface area contributed by atoms with Crippen LogP contribution in [0.3, 0.4) is 0 Å². The largest absolute Gasteiger partial charge is 0.497 e. The molecule has 5 rings (SSSR count). The molecule has 236 valence electrons. The van der Waals surface area contributed by atoms with E-state index >= 15 is 0 Å². The van der Waals surface area contributed by atoms with Crippen molar-refractivity contribution >= 4 is 50.2 Å². The third kappa shape index (κ3) is 6.44. The van der Waals surface area contributed by atoms with Crippen LogP contribution >= 0.6 is 0 Å². The van der Waals surface area contributed by atoms with Gasteiger partial charge in [0.2, 0.25) is 15.8 Å². The van der Waals surface area contributed by atoms with E-state index in [1.54, 1.807) is 31.4 Å². The average molecular weight is 632 g/mol. The van der Waals surface area contributed by atoms with Crippen LogP contribution in [0.4, 0.5) is 16.2 Å². The molecule has 0 aliphatic carbocycles. The number of aromatic nitrogens is 1. The molecule has 12 heteroatoms. The van der Waals surface area contributed by atoms with E-state index in [0.717, 1.165) is 34.5 Å². The van der Waals surface area contributed by atoms with Crippen LogP contribution in [0.1, 0.15) is 28.5 Å². The number of ether oxygens (including phenoxy) is 2. The summed E-state index contributed by atoms with van der Waals surface area (Å²) in [5.41, 5.74) is 4.05. The Morgan fingerprint density at radius 1 is 0.978 bits per heavy atom. The van der Waals surface area contributed by atoms with Gasteiger partial charge >= 0.3 is 6.03 Å². The predicted octanol–water partition coefficient (Wildman–Crippen LogP) is 5.42. The zero-order valence-corrected chi connectivity index (χ0v) is 27.0. The van der Waals surface area contributed by atoms with Gasteiger partial charge in [-0.2, -0.15) is 4.31 Å². The second kappa shape index (κ2) is 12.8. The fourth-order valence-corrected chi connectivity index (χ4v) is 6.41. The van der Waals surface area contributed by atoms with Gasteiger partial charge in [0.25, 0.3) is 0 Å². The summed E-state index contributed by atoms with van der Waals surface area (Å²) in [5.74, 6) is 1.02. The van der Waals surface area contributed by atoms with E-state index in [2.05, 4.69) is 22.1 Å². The van der Waals surface area contributed by atoms with Crippen LogP contribution in [0, 0.1) is 6.92 Å². The van der Waals surface area contributed by atoms with Crippen LogP contribution in [-0.2, 0) is 16.6 Å². The van der Waals surface area contributed by atoms with E-state index in [4.69, 9.17) is 9.47 Å². The Labute approximate surface area is 263 Å². The Balaban J connectivity index is 1.29. The minimum absolute atomic E-state index is 0.129. The zero-order valence-electron chi connectivity index (χ0n) is 26.2. The summed E-state index contributed by atoms with van der Waals surface area (Å²) >= 11 is 0. The van der Waals surface area contributed by atoms with Crippen molar-refractivity contribution in [3.05, 3.63) is 83.2 Å². The van der Waals surface area contributed by atoms with E-state index in [0.29, 0.717) is 35.8 Å². The van der Waals surface area contributed by atoms with Crippen LogP contribution < -0.4 is 20.1 Å². The first-order valence-electron chi connectivity index (χ1n) is 14.5. The number of benzene rings is 3. The standard InChI is InChI=1S/C33H37N5O6S/c1-7-38-21(2)26(27-19-24(43-6)11-14-29(27)38)20-31-32(39)28-18-23(10-15-30(28)44-31)35-33(40)34-22-8-12-25(13-9-22)45(41,42)37(5)17-16-36(3)4/h8-15,18-20H,7,16-17H2,1-6H3,(H2,34,35,40)/b31-20-. The van der Waals surface area contributed by atoms with Crippen molar-refractivity contribution in [1.29, 1.82) is 0 Å². The number of methoxy groups -OCH3 is 1. The highest BCUT2D eigenvalue weighted by Gasteiger charge is 2.29. The van der Waals surface area contributed by atoms with Crippen LogP contribution in [0.15, 0.2) is 71.3 Å². The quantitative estimate of drug-likeness (QED) is 0.224. The SMILES string of the molecule is CCn1c(C)c(/C=C2\Oc3ccc(NC(=O)Nc4ccc(S(=O)(=O)N(C)CCN(C)C)cc4)cc3C2=O)c2cc(OC)ccc21. The number of nitrogens with zero attached hydrogens (tertiary/aromatic N) is 3. The molecule has 0 saturated carbocycles. The first-order chi connectivity index (χ1) is 21.4. The van der Waals surface area contributed by atoms with Crippen molar-refractivity contribution in [1.82, 2.24) is 13.8 Å². The average Bonchev–Trinajstić information content (AvgIpc) is 3.47. The second-order valence-electron chi connectivity index (χ2n) is 11.0. The van der Waals surface area contributed by atoms with Gasteiger partial charge in [0.15, 0.2) is 5.76 Å². The molecule has 1 aliphatic heterocycles. The number of anilines is 2. The minimum atomic E-state index is -3.66. The molecule has 1 aromatic heterocycles. The lowest BCUT2D eigenvalue weighted by Crippen LogP contribution is -2.33. The highest BCUT2D eigenvalue weighted by Crippen LogP contribution is 2.37. The summed E-state index contributed by atoms with van der Waals surface area (Å²) in [5, 5.41) is 6.37. The maximum atomic E-state index is 13.4. The minimum Gasteiger partial charge on any atom is -0.497 e. The lowest BCUT2D eigenvalue weighted by molar-refractivity contribution is 0.101. The van der Waals surface area contributed by atoms with Crippen molar-refractivity contribution in [2.75, 3.05) is 52.0 Å². The Kier molecular flexibility index (Phi) is 9.01. The number of nitrogens with one attached hydrogen (secondary N) is 2. The summed E-state index contributed by atoms with van der Waals surface area (Å²) in [6.07, 6.45) is 1.76. The van der Waals surface area contributed by atoms with Gasteiger partial charge in [0.05, 0.1) is 17.6 Å². The van der Waals surface area contributed by atoms with Gasteiger partial charge in [-0.15, -0.1) is 0 Å². The molecule has 0 radical (unpaired) electrons. The molecule has 0 atom stereocenters. The Morgan fingerprint density at radius 3 is 2.33 bits per heavy atom. The summed E-state index contributed by atoms with van der Waals surface area (Å²) in [7, 11) is 3.25. The molecule has 2 amide bonds. The highest BCUT2D eigenvalue weighted by molar-refractivity contribution is 7.89. The number of aryl methyl sites for hydroxylation is 1. The van der Waals surface area contributed by atoms with Gasteiger partial charge in [0.1, 0.15) is 11.5 Å². The van der Waals surface area contributed by atoms with Crippen LogP contribution in [-0.4, -0.2) is 75.3 Å². The van der Waals surface area contributed by atoms with Gasteiger partial charge in [-0.05, 0) is 94.7 Å². The number of fused-ring (bicyclic) bond motifs is 2. The maximum Gasteiger partial charge on any atom is 0.323 e. The highest BCUT2D eigenvalue weighted by atomic mass is 32.2. The number of hydrogen-bond donors (Lipinski definition) is 2. The second-order valence-corrected chi connectivity index (χ2v) is 13.1. The van der Waals surface area contributed by atoms with Crippen LogP contribution in [0.2, 0.25) is 0 Å². The maximum absolute atomic E-state index is 13.4. The van der Waals surface area contributed by atoms with Crippen molar-refractivity contribution in [2.45, 2.75) is 25.3 Å². The fourth-order valence-electron chi connectivity index (χ4n) is 5.25. The van der Waals surface area contributed by atoms with E-state index in [1.807, 2.05) is 44.1 Å². The van der Waals surface area contributed by atoms with Crippen molar-refractivity contribution in [3.8, 4) is 11.5 Å². The third-order valence-electron chi connectivity index (χ3n) is 7.78. The number of urea groups is 1. The summed E-state index contributed by atoms with van der Waals surface area (Å²) in [4.78, 5) is 28.2. The van der Waals surface area contributed by atoms with Gasteiger partial charge < -0.3 is 29.6 Å². The molecule has 2 heterocycles. The van der Waals surface area contributed by atoms with Gasteiger partial charge in [0, 0.05) is 60.2 Å². The summed E-state index contributed by atoms with van der Waals surface area (Å²) in [6.45, 7) is 5.78. The smallest absolute Gasteiger partial charge is 0.323 e. The van der Waals surface area contributed by atoms with Crippen LogP contribution in [0.5, 0.6) is 11.5 Å². The van der Waals surface area contributed by atoms with Gasteiger partial charge in [-0.1, -0.05) is 0 Å². The number of likely N-dealkylation sites (N-methyl/N-ethyl adjacent to an activating group) is 2. The van der Waals surface area contributed by atoms with Crippen LogP contribution in [0.25, 0.3) is 17.0 Å². The van der Waals surface area contributed by atoms with E-state index in [-0.39, 0.29) is 16.4 Å². The molecule has 1 aliphatic rings. The normalized spacial score (nSPS) is 13.9. The van der Waals surface area contributed by atoms with Gasteiger partial charge in [-0.25, -0.2) is 13.2 Å². The van der Waals surface area contributed by atoms with Crippen molar-refractivity contribution in [2.24, 2.45) is 0 Å². The summed E-state index contributed by atoms with van der Waals surface area (Å²) in [6, 6.07) is 16.1. The van der Waals surface area contributed by atoms with E-state index in [1.165, 1.54) is 35.6 Å². The molecule has 0 bridgehead atoms. The molecule has 3 aromatic carbocycles. The molecule has 0 saturated heterocycles. The Morgan fingerprint density at radius 2 is 1.67 bits per heavy atom. The molecule has 2 N–H and O–H groups in total. The number of carbonyl (C=O) groups excluding carboxylic acids is 2. The number of sulfonamides is 1. The lowest BCUT2D eigenvalue weighted by Gasteiger charge is -2.19. The Hall–Kier alpha value is -4.65. The molecule has 0 unspecified atom stereocenters. The molecule has 0 fully saturated rings. The number of allylic oxidation sites excluding steroid dienone is 1. The molecular weight excluding hydrogens is 594 g/mol. The van der Waals surface area contributed by atoms with E-state index < -0.39 is 16.1 Å². The number of hydrogen-bond acceptors (Lipinski definition) is 7. The first-order valence-corrected chi connectivity index (χ1v) is 15.9. The van der Waals surface area contributed by atoms with Gasteiger partial charge in [-0.3, -0.25) is 4.79 Å². The van der Waals surface area contributed by atoms with Crippen molar-refractivity contribution < 1.29 is 27.5 Å². The number of amides is 2. The molecule has 45 heavy (non-hydrogen) atoms.